The fraction of sp³-hybridized carbons (Fsp3) is 0.278. The summed E-state index contributed by atoms with van der Waals surface area (Å²) in [5.74, 6) is -0.114. The van der Waals surface area contributed by atoms with Crippen molar-refractivity contribution >= 4 is 23.4 Å². The zero-order chi connectivity index (χ0) is 17.4. The fourth-order valence-corrected chi connectivity index (χ4v) is 2.31. The van der Waals surface area contributed by atoms with E-state index in [0.29, 0.717) is 36.5 Å². The molecule has 5 nitrogen and oxygen atoms in total. The van der Waals surface area contributed by atoms with Crippen LogP contribution in [0.1, 0.15) is 28.8 Å². The third kappa shape index (κ3) is 5.66. The predicted octanol–water partition coefficient (Wildman–Crippen LogP) is 2.90. The maximum Gasteiger partial charge on any atom is 0.251 e. The molecule has 0 saturated carbocycles. The third-order valence-electron chi connectivity index (χ3n) is 3.55. The molecule has 2 amide bonds. The number of nitrogens with one attached hydrogen (secondary N) is 1. The van der Waals surface area contributed by atoms with Gasteiger partial charge >= 0.3 is 0 Å². The Morgan fingerprint density at radius 1 is 1.12 bits per heavy atom. The highest BCUT2D eigenvalue weighted by Crippen LogP contribution is 2.09. The van der Waals surface area contributed by atoms with Crippen LogP contribution in [0.25, 0.3) is 0 Å². The average molecular weight is 346 g/mol. The Bertz CT molecular complexity index is 674. The van der Waals surface area contributed by atoms with E-state index in [9.17, 15) is 9.59 Å². The molecule has 0 aliphatic heterocycles. The standard InChI is InChI=1S/C18H20ClN3O2/c1-22(13-14-8-11-20-12-9-14)17(23)3-2-10-21-18(24)15-4-6-16(19)7-5-15/h4-9,11-12H,2-3,10,13H2,1H3,(H,21,24). The van der Waals surface area contributed by atoms with Gasteiger partial charge in [0.2, 0.25) is 5.91 Å². The van der Waals surface area contributed by atoms with E-state index in [4.69, 9.17) is 11.6 Å². The lowest BCUT2D eigenvalue weighted by Gasteiger charge is -2.17. The van der Waals surface area contributed by atoms with Crippen LogP contribution in [0.5, 0.6) is 0 Å². The maximum atomic E-state index is 12.1. The second-order valence-electron chi connectivity index (χ2n) is 5.47. The van der Waals surface area contributed by atoms with Crippen LogP contribution in [0.4, 0.5) is 0 Å². The van der Waals surface area contributed by atoms with Crippen molar-refractivity contribution in [3.05, 3.63) is 64.9 Å². The van der Waals surface area contributed by atoms with Crippen LogP contribution in [-0.2, 0) is 11.3 Å². The molecule has 0 aliphatic rings. The first-order chi connectivity index (χ1) is 11.6. The first-order valence-corrected chi connectivity index (χ1v) is 8.10. The number of halogens is 1. The molecule has 6 heteroatoms. The van der Waals surface area contributed by atoms with Crippen LogP contribution in [0.2, 0.25) is 5.02 Å². The first-order valence-electron chi connectivity index (χ1n) is 7.73. The van der Waals surface area contributed by atoms with Crippen LogP contribution in [-0.4, -0.2) is 35.3 Å². The highest BCUT2D eigenvalue weighted by molar-refractivity contribution is 6.30. The lowest BCUT2D eigenvalue weighted by molar-refractivity contribution is -0.130. The summed E-state index contributed by atoms with van der Waals surface area (Å²) in [5.41, 5.74) is 1.59. The van der Waals surface area contributed by atoms with Gasteiger partial charge < -0.3 is 10.2 Å². The average Bonchev–Trinajstić information content (AvgIpc) is 2.59. The molecule has 1 N–H and O–H groups in total. The molecule has 126 valence electrons. The minimum atomic E-state index is -0.163. The number of hydrogen-bond acceptors (Lipinski definition) is 3. The molecule has 0 unspecified atom stereocenters. The molecule has 1 heterocycles. The molecule has 0 saturated heterocycles. The Hall–Kier alpha value is -2.40. The summed E-state index contributed by atoms with van der Waals surface area (Å²) >= 11 is 5.79. The molecule has 0 bridgehead atoms. The molecule has 0 fully saturated rings. The number of aromatic nitrogens is 1. The Kier molecular flexibility index (Phi) is 6.75. The van der Waals surface area contributed by atoms with Crippen LogP contribution in [0.3, 0.4) is 0 Å². The van der Waals surface area contributed by atoms with Crippen molar-refractivity contribution in [1.82, 2.24) is 15.2 Å². The Morgan fingerprint density at radius 3 is 2.46 bits per heavy atom. The van der Waals surface area contributed by atoms with Crippen molar-refractivity contribution in [3.63, 3.8) is 0 Å². The van der Waals surface area contributed by atoms with Crippen LogP contribution < -0.4 is 5.32 Å². The molecule has 2 rings (SSSR count). The summed E-state index contributed by atoms with van der Waals surface area (Å²) in [6.45, 7) is 1.01. The molecule has 24 heavy (non-hydrogen) atoms. The maximum absolute atomic E-state index is 12.1. The van der Waals surface area contributed by atoms with E-state index < -0.39 is 0 Å². The smallest absolute Gasteiger partial charge is 0.251 e. The molecule has 2 aromatic rings. The Balaban J connectivity index is 1.68. The number of pyridine rings is 1. The van der Waals surface area contributed by atoms with Crippen LogP contribution in [0, 0.1) is 0 Å². The van der Waals surface area contributed by atoms with E-state index in [0.717, 1.165) is 5.56 Å². The highest BCUT2D eigenvalue weighted by Gasteiger charge is 2.10. The molecular formula is C18H20ClN3O2. The summed E-state index contributed by atoms with van der Waals surface area (Å²) in [4.78, 5) is 29.6. The predicted molar refractivity (Wildman–Crippen MR) is 93.7 cm³/mol. The third-order valence-corrected chi connectivity index (χ3v) is 3.81. The second kappa shape index (κ2) is 9.03. The van der Waals surface area contributed by atoms with Gasteiger partial charge in [0.05, 0.1) is 0 Å². The number of hydrogen-bond donors (Lipinski definition) is 1. The van der Waals surface area contributed by atoms with Gasteiger partial charge in [0, 0.05) is 49.5 Å². The molecular weight excluding hydrogens is 326 g/mol. The summed E-state index contributed by atoms with van der Waals surface area (Å²) < 4.78 is 0. The van der Waals surface area contributed by atoms with Crippen LogP contribution in [0.15, 0.2) is 48.8 Å². The van der Waals surface area contributed by atoms with Gasteiger partial charge in [-0.2, -0.15) is 0 Å². The summed E-state index contributed by atoms with van der Waals surface area (Å²) in [5, 5.41) is 3.39. The highest BCUT2D eigenvalue weighted by atomic mass is 35.5. The fourth-order valence-electron chi connectivity index (χ4n) is 2.19. The van der Waals surface area contributed by atoms with E-state index in [-0.39, 0.29) is 11.8 Å². The first kappa shape index (κ1) is 17.9. The lowest BCUT2D eigenvalue weighted by Crippen LogP contribution is -2.28. The topological polar surface area (TPSA) is 62.3 Å². The largest absolute Gasteiger partial charge is 0.352 e. The monoisotopic (exact) mass is 345 g/mol. The second-order valence-corrected chi connectivity index (χ2v) is 5.91. The zero-order valence-corrected chi connectivity index (χ0v) is 14.3. The van der Waals surface area contributed by atoms with Crippen molar-refractivity contribution < 1.29 is 9.59 Å². The Labute approximate surface area is 146 Å². The molecule has 1 aromatic carbocycles. The van der Waals surface area contributed by atoms with E-state index in [1.54, 1.807) is 48.6 Å². The van der Waals surface area contributed by atoms with Crippen molar-refractivity contribution in [2.45, 2.75) is 19.4 Å². The van der Waals surface area contributed by atoms with Crippen molar-refractivity contribution in [2.24, 2.45) is 0 Å². The number of amides is 2. The molecule has 1 aromatic heterocycles. The summed E-state index contributed by atoms with van der Waals surface area (Å²) in [6.07, 6.45) is 4.40. The number of rotatable bonds is 7. The van der Waals surface area contributed by atoms with E-state index in [1.807, 2.05) is 12.1 Å². The number of nitrogens with zero attached hydrogens (tertiary/aromatic N) is 2. The number of benzene rings is 1. The Morgan fingerprint density at radius 2 is 1.79 bits per heavy atom. The van der Waals surface area contributed by atoms with Gasteiger partial charge in [-0.05, 0) is 48.4 Å². The van der Waals surface area contributed by atoms with Crippen LogP contribution >= 0.6 is 11.6 Å². The minimum absolute atomic E-state index is 0.0487. The summed E-state index contributed by atoms with van der Waals surface area (Å²) in [7, 11) is 1.77. The van der Waals surface area contributed by atoms with Gasteiger partial charge in [-0.1, -0.05) is 11.6 Å². The van der Waals surface area contributed by atoms with E-state index in [1.165, 1.54) is 0 Å². The quantitative estimate of drug-likeness (QED) is 0.785. The number of carbonyl (C=O) groups excluding carboxylic acids is 2. The summed E-state index contributed by atoms with van der Waals surface area (Å²) in [6, 6.07) is 10.5. The van der Waals surface area contributed by atoms with E-state index in [2.05, 4.69) is 10.3 Å². The molecule has 0 aliphatic carbocycles. The minimum Gasteiger partial charge on any atom is -0.352 e. The van der Waals surface area contributed by atoms with Gasteiger partial charge in [0.25, 0.3) is 5.91 Å². The van der Waals surface area contributed by atoms with Gasteiger partial charge in [-0.3, -0.25) is 14.6 Å². The van der Waals surface area contributed by atoms with Crippen molar-refractivity contribution in [1.29, 1.82) is 0 Å². The lowest BCUT2D eigenvalue weighted by atomic mass is 10.2. The van der Waals surface area contributed by atoms with Crippen molar-refractivity contribution in [2.75, 3.05) is 13.6 Å². The van der Waals surface area contributed by atoms with Gasteiger partial charge in [-0.25, -0.2) is 0 Å². The van der Waals surface area contributed by atoms with Gasteiger partial charge in [0.15, 0.2) is 0 Å². The van der Waals surface area contributed by atoms with E-state index >= 15 is 0 Å². The molecule has 0 atom stereocenters. The zero-order valence-electron chi connectivity index (χ0n) is 13.5. The normalized spacial score (nSPS) is 10.2. The van der Waals surface area contributed by atoms with Crippen molar-refractivity contribution in [3.8, 4) is 0 Å². The number of carbonyl (C=O) groups is 2. The SMILES string of the molecule is CN(Cc1ccncc1)C(=O)CCCNC(=O)c1ccc(Cl)cc1. The van der Waals surface area contributed by atoms with Gasteiger partial charge in [0.1, 0.15) is 0 Å². The molecule has 0 radical (unpaired) electrons. The van der Waals surface area contributed by atoms with Gasteiger partial charge in [-0.15, -0.1) is 0 Å². The molecule has 0 spiro atoms.